The fourth-order valence-corrected chi connectivity index (χ4v) is 6.37. The minimum Gasteiger partial charge on any atom is -0.241 e. The molecule has 0 bridgehead atoms. The van der Waals surface area contributed by atoms with Crippen molar-refractivity contribution in [1.82, 2.24) is 15.0 Å². The van der Waals surface area contributed by atoms with Crippen molar-refractivity contribution >= 4 is 43.5 Å². The van der Waals surface area contributed by atoms with E-state index in [-0.39, 0.29) is 0 Å². The van der Waals surface area contributed by atoms with Crippen LogP contribution >= 0.6 is 23.1 Å². The monoisotopic (exact) mass is 405 g/mol. The molecule has 142 valence electrons. The zero-order chi connectivity index (χ0) is 19.1. The third kappa shape index (κ3) is 3.11. The summed E-state index contributed by atoms with van der Waals surface area (Å²) in [4.78, 5) is 15.6. The zero-order valence-electron chi connectivity index (χ0n) is 16.2. The van der Waals surface area contributed by atoms with E-state index in [0.29, 0.717) is 5.92 Å². The van der Waals surface area contributed by atoms with Gasteiger partial charge >= 0.3 is 0 Å². The van der Waals surface area contributed by atoms with Crippen molar-refractivity contribution in [2.45, 2.75) is 56.2 Å². The highest BCUT2D eigenvalue weighted by molar-refractivity contribution is 7.98. The van der Waals surface area contributed by atoms with E-state index in [9.17, 15) is 0 Å². The van der Waals surface area contributed by atoms with E-state index in [1.165, 1.54) is 45.3 Å². The summed E-state index contributed by atoms with van der Waals surface area (Å²) in [6.45, 7) is 4.52. The Morgan fingerprint density at radius 2 is 1.82 bits per heavy atom. The Kier molecular flexibility index (Phi) is 4.81. The van der Waals surface area contributed by atoms with E-state index < -0.39 is 0 Å². The summed E-state index contributed by atoms with van der Waals surface area (Å²) >= 11 is 3.57. The lowest BCUT2D eigenvalue weighted by Crippen LogP contribution is -2.10. The molecule has 0 fully saturated rings. The van der Waals surface area contributed by atoms with E-state index in [1.807, 2.05) is 0 Å². The second kappa shape index (κ2) is 7.45. The van der Waals surface area contributed by atoms with Gasteiger partial charge in [-0.25, -0.2) is 15.0 Å². The lowest BCUT2D eigenvalue weighted by atomic mass is 9.86. The molecule has 0 saturated carbocycles. The third-order valence-corrected chi connectivity index (χ3v) is 7.76. The Morgan fingerprint density at radius 1 is 1.04 bits per heavy atom. The molecule has 0 saturated heterocycles. The standard InChI is InChI=1S/C23H23N3S2/c1-14(2)19-17-11-7-6-10-16(17)18-20-21(28-22(18)26-19)23(25-13-24-20)27-12-15-8-4-3-5-9-15/h3-5,8-9,13-14H,6-7,10-12H2,1-2H3. The quantitative estimate of drug-likeness (QED) is 0.286. The van der Waals surface area contributed by atoms with Gasteiger partial charge in [-0.1, -0.05) is 44.2 Å². The van der Waals surface area contributed by atoms with Crippen molar-refractivity contribution in [3.8, 4) is 0 Å². The van der Waals surface area contributed by atoms with E-state index in [0.717, 1.165) is 34.0 Å². The molecule has 4 aromatic rings. The molecule has 0 spiro atoms. The fourth-order valence-electron chi connectivity index (χ4n) is 4.17. The molecule has 0 N–H and O–H groups in total. The maximum atomic E-state index is 5.13. The lowest BCUT2D eigenvalue weighted by molar-refractivity contribution is 0.667. The van der Waals surface area contributed by atoms with Gasteiger partial charge in [0.2, 0.25) is 0 Å². The van der Waals surface area contributed by atoms with Crippen LogP contribution in [0.15, 0.2) is 41.7 Å². The van der Waals surface area contributed by atoms with Crippen LogP contribution in [0.4, 0.5) is 0 Å². The van der Waals surface area contributed by atoms with Crippen molar-refractivity contribution in [3.05, 3.63) is 59.0 Å². The van der Waals surface area contributed by atoms with Gasteiger partial charge in [0.15, 0.2) is 0 Å². The number of nitrogens with zero attached hydrogens (tertiary/aromatic N) is 3. The molecule has 5 rings (SSSR count). The summed E-state index contributed by atoms with van der Waals surface area (Å²) in [6.07, 6.45) is 6.57. The number of fused-ring (bicyclic) bond motifs is 5. The summed E-state index contributed by atoms with van der Waals surface area (Å²) in [5.74, 6) is 1.38. The lowest BCUT2D eigenvalue weighted by Gasteiger charge is -2.21. The highest BCUT2D eigenvalue weighted by Crippen LogP contribution is 2.42. The average Bonchev–Trinajstić information content (AvgIpc) is 3.11. The Bertz CT molecular complexity index is 1150. The van der Waals surface area contributed by atoms with Crippen LogP contribution in [0.2, 0.25) is 0 Å². The van der Waals surface area contributed by atoms with Gasteiger partial charge in [0, 0.05) is 16.8 Å². The number of rotatable bonds is 4. The second-order valence-corrected chi connectivity index (χ2v) is 9.69. The SMILES string of the molecule is CC(C)c1nc2sc3c(SCc4ccccc4)ncnc3c2c2c1CCCC2. The first-order valence-corrected chi connectivity index (χ1v) is 11.8. The van der Waals surface area contributed by atoms with Crippen LogP contribution in [0.3, 0.4) is 0 Å². The number of hydrogen-bond donors (Lipinski definition) is 0. The molecule has 0 amide bonds. The Labute approximate surface area is 173 Å². The topological polar surface area (TPSA) is 38.7 Å². The van der Waals surface area contributed by atoms with Gasteiger partial charge in [-0.2, -0.15) is 0 Å². The smallest absolute Gasteiger partial charge is 0.126 e. The fraction of sp³-hybridized carbons (Fsp3) is 0.348. The van der Waals surface area contributed by atoms with Crippen LogP contribution < -0.4 is 0 Å². The largest absolute Gasteiger partial charge is 0.241 e. The van der Waals surface area contributed by atoms with Gasteiger partial charge in [-0.05, 0) is 48.3 Å². The predicted octanol–water partition coefficient (Wildman–Crippen LogP) is 6.53. The minimum absolute atomic E-state index is 0.458. The van der Waals surface area contributed by atoms with Crippen molar-refractivity contribution < 1.29 is 0 Å². The molecular formula is C23H23N3S2. The zero-order valence-corrected chi connectivity index (χ0v) is 17.9. The molecule has 28 heavy (non-hydrogen) atoms. The minimum atomic E-state index is 0.458. The molecule has 3 nitrogen and oxygen atoms in total. The van der Waals surface area contributed by atoms with Crippen LogP contribution in [0.5, 0.6) is 0 Å². The molecule has 0 atom stereocenters. The van der Waals surface area contributed by atoms with Crippen molar-refractivity contribution in [1.29, 1.82) is 0 Å². The van der Waals surface area contributed by atoms with Crippen LogP contribution in [-0.2, 0) is 18.6 Å². The molecule has 3 heterocycles. The second-order valence-electron chi connectivity index (χ2n) is 7.73. The van der Waals surface area contributed by atoms with Crippen molar-refractivity contribution in [2.75, 3.05) is 0 Å². The first-order valence-electron chi connectivity index (χ1n) is 9.98. The Balaban J connectivity index is 1.66. The molecular weight excluding hydrogens is 382 g/mol. The summed E-state index contributed by atoms with van der Waals surface area (Å²) in [5.41, 5.74) is 6.71. The summed E-state index contributed by atoms with van der Waals surface area (Å²) in [6, 6.07) is 10.6. The first kappa shape index (κ1) is 18.1. The number of thioether (sulfide) groups is 1. The van der Waals surface area contributed by atoms with Crippen LogP contribution in [0.1, 0.15) is 55.0 Å². The third-order valence-electron chi connectivity index (χ3n) is 5.49. The molecule has 5 heteroatoms. The highest BCUT2D eigenvalue weighted by Gasteiger charge is 2.24. The molecule has 0 radical (unpaired) electrons. The van der Waals surface area contributed by atoms with Crippen LogP contribution in [-0.4, -0.2) is 15.0 Å². The van der Waals surface area contributed by atoms with Crippen LogP contribution in [0.25, 0.3) is 20.4 Å². The number of thiophene rings is 1. The number of pyridine rings is 1. The molecule has 3 aromatic heterocycles. The number of aromatic nitrogens is 3. The van der Waals surface area contributed by atoms with E-state index >= 15 is 0 Å². The molecule has 1 aromatic carbocycles. The van der Waals surface area contributed by atoms with Crippen molar-refractivity contribution in [3.63, 3.8) is 0 Å². The maximum Gasteiger partial charge on any atom is 0.126 e. The number of hydrogen-bond acceptors (Lipinski definition) is 5. The van der Waals surface area contributed by atoms with Crippen molar-refractivity contribution in [2.24, 2.45) is 0 Å². The van der Waals surface area contributed by atoms with Gasteiger partial charge in [0.1, 0.15) is 16.2 Å². The van der Waals surface area contributed by atoms with E-state index in [2.05, 4.69) is 49.2 Å². The normalized spacial score (nSPS) is 14.1. The van der Waals surface area contributed by atoms with Gasteiger partial charge in [-0.15, -0.1) is 23.1 Å². The molecule has 1 aliphatic rings. The molecule has 0 aliphatic heterocycles. The summed E-state index contributed by atoms with van der Waals surface area (Å²) in [7, 11) is 0. The highest BCUT2D eigenvalue weighted by atomic mass is 32.2. The Morgan fingerprint density at radius 3 is 2.61 bits per heavy atom. The van der Waals surface area contributed by atoms with E-state index in [1.54, 1.807) is 29.4 Å². The number of benzene rings is 1. The maximum absolute atomic E-state index is 5.13. The molecule has 0 unspecified atom stereocenters. The summed E-state index contributed by atoms with van der Waals surface area (Å²) in [5, 5.41) is 2.37. The average molecular weight is 406 g/mol. The van der Waals surface area contributed by atoms with E-state index in [4.69, 9.17) is 9.97 Å². The summed E-state index contributed by atoms with van der Waals surface area (Å²) < 4.78 is 1.19. The van der Waals surface area contributed by atoms with Gasteiger partial charge in [-0.3, -0.25) is 0 Å². The van der Waals surface area contributed by atoms with Gasteiger partial charge in [0.05, 0.1) is 10.2 Å². The molecule has 1 aliphatic carbocycles. The number of aryl methyl sites for hydroxylation is 1. The van der Waals surface area contributed by atoms with Gasteiger partial charge in [0.25, 0.3) is 0 Å². The Hall–Kier alpha value is -1.98. The van der Waals surface area contributed by atoms with Gasteiger partial charge < -0.3 is 0 Å². The van der Waals surface area contributed by atoms with Crippen LogP contribution in [0, 0.1) is 0 Å². The first-order chi connectivity index (χ1) is 13.7. The predicted molar refractivity (Wildman–Crippen MR) is 119 cm³/mol.